The van der Waals surface area contributed by atoms with Gasteiger partial charge in [0.1, 0.15) is 5.60 Å². The molecule has 0 heterocycles. The van der Waals surface area contributed by atoms with Crippen LogP contribution in [-0.4, -0.2) is 17.7 Å². The van der Waals surface area contributed by atoms with Gasteiger partial charge < -0.3 is 15.4 Å². The van der Waals surface area contributed by atoms with Crippen molar-refractivity contribution in [1.29, 1.82) is 0 Å². The smallest absolute Gasteiger partial charge is 0.407 e. The van der Waals surface area contributed by atoms with Gasteiger partial charge >= 0.3 is 6.09 Å². The topological polar surface area (TPSA) is 50.4 Å². The molecule has 0 bridgehead atoms. The lowest BCUT2D eigenvalue weighted by molar-refractivity contribution is 0.0523. The Hall–Kier alpha value is -1.55. The van der Waals surface area contributed by atoms with Gasteiger partial charge in [-0.1, -0.05) is 38.1 Å². The Balaban J connectivity index is 2.37. The lowest BCUT2D eigenvalue weighted by atomic mass is 10.0. The Kier molecular flexibility index (Phi) is 7.56. The first kappa shape index (κ1) is 19.5. The van der Waals surface area contributed by atoms with Crippen molar-refractivity contribution in [2.45, 2.75) is 72.7 Å². The van der Waals surface area contributed by atoms with Crippen LogP contribution in [0.1, 0.15) is 59.1 Å². The van der Waals surface area contributed by atoms with Crippen molar-refractivity contribution in [1.82, 2.24) is 10.6 Å². The molecular formula is C19H32N2O2. The lowest BCUT2D eigenvalue weighted by Gasteiger charge is -2.19. The van der Waals surface area contributed by atoms with Gasteiger partial charge in [0.15, 0.2) is 0 Å². The average Bonchev–Trinajstić information content (AvgIpc) is 2.41. The van der Waals surface area contributed by atoms with Crippen molar-refractivity contribution < 1.29 is 9.53 Å². The van der Waals surface area contributed by atoms with Crippen molar-refractivity contribution >= 4 is 6.09 Å². The number of benzene rings is 1. The third-order valence-corrected chi connectivity index (χ3v) is 3.34. The van der Waals surface area contributed by atoms with E-state index in [1.807, 2.05) is 32.9 Å². The maximum absolute atomic E-state index is 11.6. The van der Waals surface area contributed by atoms with Gasteiger partial charge in [0.25, 0.3) is 0 Å². The maximum Gasteiger partial charge on any atom is 0.407 e. The second kappa shape index (κ2) is 8.92. The third-order valence-electron chi connectivity index (χ3n) is 3.34. The molecule has 0 saturated heterocycles. The third kappa shape index (κ3) is 9.24. The molecule has 0 fully saturated rings. The second-order valence-electron chi connectivity index (χ2n) is 7.58. The largest absolute Gasteiger partial charge is 0.444 e. The molecule has 1 unspecified atom stereocenters. The van der Waals surface area contributed by atoms with Crippen LogP contribution in [0.25, 0.3) is 0 Å². The molecule has 0 aliphatic rings. The molecule has 1 aromatic carbocycles. The van der Waals surface area contributed by atoms with Gasteiger partial charge in [-0.25, -0.2) is 4.79 Å². The van der Waals surface area contributed by atoms with E-state index in [2.05, 4.69) is 43.5 Å². The van der Waals surface area contributed by atoms with Crippen LogP contribution in [0.3, 0.4) is 0 Å². The van der Waals surface area contributed by atoms with Crippen LogP contribution in [0.2, 0.25) is 0 Å². The van der Waals surface area contributed by atoms with E-state index < -0.39 is 5.60 Å². The zero-order chi connectivity index (χ0) is 17.5. The van der Waals surface area contributed by atoms with Crippen LogP contribution in [0, 0.1) is 5.92 Å². The number of carbonyl (C=O) groups excluding carboxylic acids is 1. The Bertz CT molecular complexity index is 475. The van der Waals surface area contributed by atoms with E-state index in [0.717, 1.165) is 12.1 Å². The first-order valence-electron chi connectivity index (χ1n) is 8.44. The fourth-order valence-electron chi connectivity index (χ4n) is 2.35. The first-order valence-corrected chi connectivity index (χ1v) is 8.44. The van der Waals surface area contributed by atoms with E-state index in [1.165, 1.54) is 12.0 Å². The van der Waals surface area contributed by atoms with Crippen LogP contribution in [0.5, 0.6) is 0 Å². The Morgan fingerprint density at radius 3 is 2.04 bits per heavy atom. The molecule has 130 valence electrons. The molecule has 23 heavy (non-hydrogen) atoms. The quantitative estimate of drug-likeness (QED) is 0.790. The predicted octanol–water partition coefficient (Wildman–Crippen LogP) is 4.24. The van der Waals surface area contributed by atoms with Gasteiger partial charge in [-0.05, 0) is 51.2 Å². The summed E-state index contributed by atoms with van der Waals surface area (Å²) in [4.78, 5) is 11.6. The van der Waals surface area contributed by atoms with E-state index in [-0.39, 0.29) is 6.09 Å². The van der Waals surface area contributed by atoms with Crippen LogP contribution in [0.15, 0.2) is 24.3 Å². The number of alkyl carbamates (subject to hydrolysis) is 1. The summed E-state index contributed by atoms with van der Waals surface area (Å²) in [6.07, 6.45) is 0.795. The molecule has 1 atom stereocenters. The van der Waals surface area contributed by atoms with Crippen molar-refractivity contribution in [2.75, 3.05) is 0 Å². The van der Waals surface area contributed by atoms with E-state index >= 15 is 0 Å². The standard InChI is InChI=1S/C19H32N2O2/c1-14(2)11-15(3)20-12-16-7-9-17(10-8-16)13-21-18(22)23-19(4,5)6/h7-10,14-15,20H,11-13H2,1-6H3,(H,21,22). The fraction of sp³-hybridized carbons (Fsp3) is 0.632. The minimum atomic E-state index is -0.466. The lowest BCUT2D eigenvalue weighted by Crippen LogP contribution is -2.32. The fourth-order valence-corrected chi connectivity index (χ4v) is 2.35. The Morgan fingerprint density at radius 1 is 1.04 bits per heavy atom. The molecule has 0 saturated carbocycles. The van der Waals surface area contributed by atoms with Gasteiger partial charge in [0.05, 0.1) is 0 Å². The summed E-state index contributed by atoms with van der Waals surface area (Å²) in [5.74, 6) is 0.707. The average molecular weight is 320 g/mol. The molecule has 4 nitrogen and oxygen atoms in total. The van der Waals surface area contributed by atoms with Crippen LogP contribution >= 0.6 is 0 Å². The van der Waals surface area contributed by atoms with Crippen molar-refractivity contribution in [3.63, 3.8) is 0 Å². The van der Waals surface area contributed by atoms with Gasteiger partial charge in [0, 0.05) is 19.1 Å². The molecule has 1 aromatic rings. The molecule has 0 spiro atoms. The van der Waals surface area contributed by atoms with Crippen molar-refractivity contribution in [3.05, 3.63) is 35.4 Å². The molecule has 1 amide bonds. The van der Waals surface area contributed by atoms with Gasteiger partial charge in [-0.2, -0.15) is 0 Å². The number of hydrogen-bond donors (Lipinski definition) is 2. The summed E-state index contributed by atoms with van der Waals surface area (Å²) < 4.78 is 5.22. The summed E-state index contributed by atoms with van der Waals surface area (Å²) in [6.45, 7) is 13.6. The number of amides is 1. The van der Waals surface area contributed by atoms with Crippen molar-refractivity contribution in [3.8, 4) is 0 Å². The molecule has 1 rings (SSSR count). The number of nitrogens with one attached hydrogen (secondary N) is 2. The molecule has 2 N–H and O–H groups in total. The van der Waals surface area contributed by atoms with E-state index in [9.17, 15) is 4.79 Å². The van der Waals surface area contributed by atoms with Gasteiger partial charge in [0.2, 0.25) is 0 Å². The Morgan fingerprint density at radius 2 is 1.57 bits per heavy atom. The molecular weight excluding hydrogens is 288 g/mol. The van der Waals surface area contributed by atoms with E-state index in [4.69, 9.17) is 4.74 Å². The monoisotopic (exact) mass is 320 g/mol. The first-order chi connectivity index (χ1) is 10.7. The highest BCUT2D eigenvalue weighted by molar-refractivity contribution is 5.67. The van der Waals surface area contributed by atoms with Gasteiger partial charge in [-0.3, -0.25) is 0 Å². The summed E-state index contributed by atoms with van der Waals surface area (Å²) >= 11 is 0. The van der Waals surface area contributed by atoms with E-state index in [0.29, 0.717) is 18.5 Å². The molecule has 0 radical (unpaired) electrons. The highest BCUT2D eigenvalue weighted by Gasteiger charge is 2.15. The minimum Gasteiger partial charge on any atom is -0.444 e. The molecule has 0 aromatic heterocycles. The molecule has 0 aliphatic carbocycles. The number of ether oxygens (including phenoxy) is 1. The summed E-state index contributed by atoms with van der Waals surface area (Å²) in [6, 6.07) is 8.80. The second-order valence-corrected chi connectivity index (χ2v) is 7.58. The van der Waals surface area contributed by atoms with Crippen molar-refractivity contribution in [2.24, 2.45) is 5.92 Å². The number of rotatable bonds is 7. The van der Waals surface area contributed by atoms with Gasteiger partial charge in [-0.15, -0.1) is 0 Å². The van der Waals surface area contributed by atoms with Crippen LogP contribution < -0.4 is 10.6 Å². The molecule has 0 aliphatic heterocycles. The zero-order valence-corrected chi connectivity index (χ0v) is 15.4. The normalized spacial score (nSPS) is 13.0. The molecule has 4 heteroatoms. The van der Waals surface area contributed by atoms with Crippen LogP contribution in [-0.2, 0) is 17.8 Å². The minimum absolute atomic E-state index is 0.384. The number of hydrogen-bond acceptors (Lipinski definition) is 3. The number of carbonyl (C=O) groups is 1. The predicted molar refractivity (Wildman–Crippen MR) is 95.3 cm³/mol. The highest BCUT2D eigenvalue weighted by Crippen LogP contribution is 2.09. The highest BCUT2D eigenvalue weighted by atomic mass is 16.6. The SMILES string of the molecule is CC(C)CC(C)NCc1ccc(CNC(=O)OC(C)(C)C)cc1. The summed E-state index contributed by atoms with van der Waals surface area (Å²) in [5, 5.41) is 6.31. The summed E-state index contributed by atoms with van der Waals surface area (Å²) in [7, 11) is 0. The van der Waals surface area contributed by atoms with Crippen LogP contribution in [0.4, 0.5) is 4.79 Å². The Labute approximate surface area is 141 Å². The maximum atomic E-state index is 11.6. The summed E-state index contributed by atoms with van der Waals surface area (Å²) in [5.41, 5.74) is 1.85. The van der Waals surface area contributed by atoms with E-state index in [1.54, 1.807) is 0 Å². The zero-order valence-electron chi connectivity index (χ0n) is 15.4.